The van der Waals surface area contributed by atoms with Crippen molar-refractivity contribution in [3.63, 3.8) is 0 Å². The van der Waals surface area contributed by atoms with E-state index in [0.717, 1.165) is 67.7 Å². The van der Waals surface area contributed by atoms with Crippen molar-refractivity contribution in [2.24, 2.45) is 5.92 Å². The molecule has 2 saturated heterocycles. The summed E-state index contributed by atoms with van der Waals surface area (Å²) in [5, 5.41) is 3.29. The van der Waals surface area contributed by atoms with Gasteiger partial charge in [0.15, 0.2) is 5.60 Å². The Bertz CT molecular complexity index is 1400. The van der Waals surface area contributed by atoms with Gasteiger partial charge in [-0.3, -0.25) is 14.6 Å². The summed E-state index contributed by atoms with van der Waals surface area (Å²) in [5.41, 5.74) is 3.53. The minimum absolute atomic E-state index is 0.00945. The molecule has 0 spiro atoms. The number of nitrogens with zero attached hydrogens (tertiary/aromatic N) is 4. The number of benzene rings is 2. The Kier molecular flexibility index (Phi) is 8.66. The lowest BCUT2D eigenvalue weighted by molar-refractivity contribution is -0.146. The second-order valence-corrected chi connectivity index (χ2v) is 12.6. The molecule has 6 rings (SSSR count). The number of piperazine rings is 1. The van der Waals surface area contributed by atoms with Crippen molar-refractivity contribution in [1.82, 2.24) is 20.1 Å². The van der Waals surface area contributed by atoms with Crippen molar-refractivity contribution in [2.75, 3.05) is 44.2 Å². The summed E-state index contributed by atoms with van der Waals surface area (Å²) in [7, 11) is 0. The molecule has 3 aliphatic rings. The van der Waals surface area contributed by atoms with E-state index < -0.39 is 5.60 Å². The van der Waals surface area contributed by atoms with Crippen LogP contribution in [0.25, 0.3) is 11.1 Å². The van der Waals surface area contributed by atoms with Gasteiger partial charge in [-0.25, -0.2) is 0 Å². The molecule has 0 radical (unpaired) electrons. The third kappa shape index (κ3) is 7.02. The molecule has 43 heavy (non-hydrogen) atoms. The van der Waals surface area contributed by atoms with Gasteiger partial charge in [-0.1, -0.05) is 30.3 Å². The number of carbonyl (C=O) groups excluding carboxylic acids is 2. The van der Waals surface area contributed by atoms with E-state index in [0.29, 0.717) is 38.0 Å². The summed E-state index contributed by atoms with van der Waals surface area (Å²) in [4.78, 5) is 37.6. The molecule has 0 unspecified atom stereocenters. The van der Waals surface area contributed by atoms with Crippen LogP contribution in [0.4, 0.5) is 5.69 Å². The van der Waals surface area contributed by atoms with Gasteiger partial charge in [0.05, 0.1) is 5.92 Å². The topological polar surface area (TPSA) is 78.0 Å². The minimum atomic E-state index is -0.961. The molecular weight excluding hydrogens is 538 g/mol. The Balaban J connectivity index is 1.10. The number of amides is 2. The van der Waals surface area contributed by atoms with Gasteiger partial charge in [-0.05, 0) is 80.5 Å². The van der Waals surface area contributed by atoms with Crippen LogP contribution in [0, 0.1) is 5.92 Å². The van der Waals surface area contributed by atoms with Crippen LogP contribution in [0.3, 0.4) is 0 Å². The molecular formula is C35H43N5O3. The number of carbonyl (C=O) groups is 2. The predicted molar refractivity (Wildman–Crippen MR) is 169 cm³/mol. The average Bonchev–Trinajstić information content (AvgIpc) is 3.90. The van der Waals surface area contributed by atoms with E-state index in [1.165, 1.54) is 0 Å². The summed E-state index contributed by atoms with van der Waals surface area (Å²) in [5.74, 6) is 0.908. The first kappa shape index (κ1) is 29.2. The lowest BCUT2D eigenvalue weighted by Crippen LogP contribution is -2.54. The second kappa shape index (κ2) is 12.8. The monoisotopic (exact) mass is 581 g/mol. The van der Waals surface area contributed by atoms with Gasteiger partial charge in [0.25, 0.3) is 5.91 Å². The normalized spacial score (nSPS) is 19.2. The van der Waals surface area contributed by atoms with Crippen LogP contribution in [0.2, 0.25) is 0 Å². The van der Waals surface area contributed by atoms with E-state index in [-0.39, 0.29) is 17.7 Å². The van der Waals surface area contributed by atoms with Gasteiger partial charge in [-0.2, -0.15) is 0 Å². The fraction of sp³-hybridized carbons (Fsp3) is 0.457. The Hall–Kier alpha value is -3.91. The molecule has 2 aliphatic heterocycles. The van der Waals surface area contributed by atoms with Gasteiger partial charge in [0.1, 0.15) is 5.75 Å². The zero-order chi connectivity index (χ0) is 29.8. The first-order valence-corrected chi connectivity index (χ1v) is 15.7. The molecule has 8 nitrogen and oxygen atoms in total. The number of nitrogens with one attached hydrogen (secondary N) is 1. The van der Waals surface area contributed by atoms with Crippen LogP contribution < -0.4 is 15.0 Å². The van der Waals surface area contributed by atoms with E-state index in [1.807, 2.05) is 61.5 Å². The van der Waals surface area contributed by atoms with E-state index >= 15 is 0 Å². The fourth-order valence-corrected chi connectivity index (χ4v) is 6.30. The van der Waals surface area contributed by atoms with Gasteiger partial charge in [-0.15, -0.1) is 0 Å². The summed E-state index contributed by atoms with van der Waals surface area (Å²) in [6.45, 7) is 8.94. The number of rotatable bonds is 9. The molecule has 1 N–H and O–H groups in total. The molecule has 226 valence electrons. The Morgan fingerprint density at radius 3 is 2.40 bits per heavy atom. The number of hydrogen-bond donors (Lipinski definition) is 1. The maximum absolute atomic E-state index is 14.0. The third-order valence-electron chi connectivity index (χ3n) is 8.84. The maximum Gasteiger partial charge on any atom is 0.266 e. The number of aromatic nitrogens is 1. The lowest BCUT2D eigenvalue weighted by Gasteiger charge is -2.37. The summed E-state index contributed by atoms with van der Waals surface area (Å²) in [6, 6.07) is 20.9. The molecule has 3 aromatic rings. The fourth-order valence-electron chi connectivity index (χ4n) is 6.30. The number of ether oxygens (including phenoxy) is 1. The van der Waals surface area contributed by atoms with Crippen molar-refractivity contribution in [2.45, 2.75) is 57.7 Å². The second-order valence-electron chi connectivity index (χ2n) is 12.6. The highest BCUT2D eigenvalue weighted by atomic mass is 16.5. The number of hydrogen-bond acceptors (Lipinski definition) is 6. The summed E-state index contributed by atoms with van der Waals surface area (Å²) >= 11 is 0. The van der Waals surface area contributed by atoms with Crippen molar-refractivity contribution < 1.29 is 14.3 Å². The van der Waals surface area contributed by atoms with Gasteiger partial charge >= 0.3 is 0 Å². The molecule has 0 bridgehead atoms. The van der Waals surface area contributed by atoms with Crippen molar-refractivity contribution in [3.8, 4) is 16.9 Å². The van der Waals surface area contributed by atoms with Crippen LogP contribution in [0.15, 0.2) is 73.1 Å². The van der Waals surface area contributed by atoms with E-state index in [1.54, 1.807) is 0 Å². The standard InChI is InChI=1S/C35H43N5O3/c1-35(2,34(42)38-21-18-37-19-22-38)43-32-7-3-6-31(23-32)39-20-4-5-29(25-39)33(41)40(30-12-13-30)24-26-8-10-27(11-9-26)28-14-16-36-17-15-28/h3,6-11,14-17,23,29-30,37H,4-5,12-13,18-22,24-25H2,1-2H3/t29-/m1/s1. The number of anilines is 1. The molecule has 3 heterocycles. The summed E-state index contributed by atoms with van der Waals surface area (Å²) < 4.78 is 6.29. The van der Waals surface area contributed by atoms with Crippen molar-refractivity contribution in [1.29, 1.82) is 0 Å². The van der Waals surface area contributed by atoms with E-state index in [2.05, 4.69) is 50.4 Å². The quantitative estimate of drug-likeness (QED) is 0.393. The Morgan fingerprint density at radius 2 is 1.67 bits per heavy atom. The molecule has 8 heteroatoms. The van der Waals surface area contributed by atoms with Gasteiger partial charge in [0, 0.05) is 76.0 Å². The number of piperidine rings is 1. The van der Waals surface area contributed by atoms with Crippen LogP contribution in [-0.4, -0.2) is 77.5 Å². The van der Waals surface area contributed by atoms with Crippen LogP contribution in [0.1, 0.15) is 45.1 Å². The molecule has 2 amide bonds. The van der Waals surface area contributed by atoms with Crippen molar-refractivity contribution >= 4 is 17.5 Å². The zero-order valence-corrected chi connectivity index (χ0v) is 25.4. The molecule has 3 fully saturated rings. The van der Waals surface area contributed by atoms with Crippen LogP contribution in [0.5, 0.6) is 5.75 Å². The Labute approximate surface area is 255 Å². The molecule has 2 aromatic carbocycles. The Morgan fingerprint density at radius 1 is 0.953 bits per heavy atom. The van der Waals surface area contributed by atoms with E-state index in [4.69, 9.17) is 4.74 Å². The number of pyridine rings is 1. The predicted octanol–water partition coefficient (Wildman–Crippen LogP) is 4.75. The largest absolute Gasteiger partial charge is 0.478 e. The van der Waals surface area contributed by atoms with Gasteiger partial charge < -0.3 is 24.8 Å². The van der Waals surface area contributed by atoms with Gasteiger partial charge in [0.2, 0.25) is 5.91 Å². The highest BCUT2D eigenvalue weighted by Crippen LogP contribution is 2.34. The highest BCUT2D eigenvalue weighted by Gasteiger charge is 2.38. The van der Waals surface area contributed by atoms with Crippen LogP contribution in [-0.2, 0) is 16.1 Å². The van der Waals surface area contributed by atoms with Crippen LogP contribution >= 0.6 is 0 Å². The molecule has 1 aromatic heterocycles. The molecule has 1 atom stereocenters. The van der Waals surface area contributed by atoms with E-state index in [9.17, 15) is 9.59 Å². The smallest absolute Gasteiger partial charge is 0.266 e. The lowest BCUT2D eigenvalue weighted by atomic mass is 9.95. The first-order valence-electron chi connectivity index (χ1n) is 15.7. The SMILES string of the molecule is CC(C)(Oc1cccc(N2CCC[C@@H](C(=O)N(Cc3ccc(-c4ccncc4)cc3)C3CC3)C2)c1)C(=O)N1CCNCC1. The highest BCUT2D eigenvalue weighted by molar-refractivity contribution is 5.85. The summed E-state index contributed by atoms with van der Waals surface area (Å²) in [6.07, 6.45) is 7.65. The minimum Gasteiger partial charge on any atom is -0.478 e. The third-order valence-corrected chi connectivity index (χ3v) is 8.84. The first-order chi connectivity index (χ1) is 20.9. The molecule has 1 aliphatic carbocycles. The van der Waals surface area contributed by atoms with Crippen molar-refractivity contribution in [3.05, 3.63) is 78.6 Å². The average molecular weight is 582 g/mol. The maximum atomic E-state index is 14.0. The molecule has 1 saturated carbocycles. The zero-order valence-electron chi connectivity index (χ0n) is 25.4.